The van der Waals surface area contributed by atoms with Gasteiger partial charge in [0.25, 0.3) is 0 Å². The molecule has 6 nitrogen and oxygen atoms in total. The summed E-state index contributed by atoms with van der Waals surface area (Å²) in [5.41, 5.74) is 0.139. The van der Waals surface area contributed by atoms with Crippen molar-refractivity contribution in [3.63, 3.8) is 0 Å². The highest BCUT2D eigenvalue weighted by Gasteiger charge is 2.51. The Labute approximate surface area is 149 Å². The molecule has 1 aliphatic rings. The Morgan fingerprint density at radius 3 is 2.65 bits per heavy atom. The van der Waals surface area contributed by atoms with Crippen LogP contribution in [0.4, 0.5) is 0 Å². The summed E-state index contributed by atoms with van der Waals surface area (Å²) in [6.07, 6.45) is 1.32. The largest absolute Gasteiger partial charge is 0.492 e. The van der Waals surface area contributed by atoms with E-state index in [-0.39, 0.29) is 19.3 Å². The first-order valence-corrected chi connectivity index (χ1v) is 8.52. The maximum atomic E-state index is 9.46. The lowest BCUT2D eigenvalue weighted by Gasteiger charge is -2.54. The van der Waals surface area contributed by atoms with Crippen LogP contribution >= 0.6 is 27.5 Å². The zero-order valence-corrected chi connectivity index (χ0v) is 15.3. The molecule has 23 heavy (non-hydrogen) atoms. The van der Waals surface area contributed by atoms with Gasteiger partial charge in [-0.15, -0.1) is 0 Å². The monoisotopic (exact) mass is 408 g/mol. The van der Waals surface area contributed by atoms with Crippen molar-refractivity contribution < 1.29 is 19.7 Å². The molecule has 0 aromatic heterocycles. The van der Waals surface area contributed by atoms with Crippen molar-refractivity contribution in [2.45, 2.75) is 24.4 Å². The number of nitrogens with zero attached hydrogens (tertiary/aromatic N) is 1. The number of halogens is 2. The van der Waals surface area contributed by atoms with Gasteiger partial charge in [-0.3, -0.25) is 5.84 Å². The van der Waals surface area contributed by atoms with Gasteiger partial charge in [-0.05, 0) is 24.1 Å². The van der Waals surface area contributed by atoms with Crippen molar-refractivity contribution in [1.29, 1.82) is 0 Å². The summed E-state index contributed by atoms with van der Waals surface area (Å²) in [5, 5.41) is 20.9. The molecule has 0 saturated carbocycles. The Hall–Kier alpha value is -0.410. The number of nitrogens with two attached hydrogens (primary N) is 1. The van der Waals surface area contributed by atoms with Crippen LogP contribution in [0.3, 0.4) is 0 Å². The maximum absolute atomic E-state index is 9.46. The molecule has 0 amide bonds. The van der Waals surface area contributed by atoms with Crippen molar-refractivity contribution in [2.24, 2.45) is 5.84 Å². The highest BCUT2D eigenvalue weighted by Crippen LogP contribution is 2.47. The summed E-state index contributed by atoms with van der Waals surface area (Å²) in [5.74, 6) is 6.64. The topological polar surface area (TPSA) is 88.2 Å². The fraction of sp³-hybridized carbons (Fsp3) is 0.600. The molecule has 4 N–H and O–H groups in total. The van der Waals surface area contributed by atoms with E-state index >= 15 is 0 Å². The minimum atomic E-state index is -0.775. The van der Waals surface area contributed by atoms with E-state index in [1.807, 2.05) is 6.07 Å². The standard InChI is InChI=1S/C15H22BrClN2O4/c1-22-3-2-4-23-14-5-10(11(16)6-12(14)17)13-7-15(8-20,9-21)19(13)18/h5-6,13,20-21H,2-4,7-9,18H2,1H3. The summed E-state index contributed by atoms with van der Waals surface area (Å²) in [7, 11) is 1.64. The second kappa shape index (κ2) is 8.11. The zero-order chi connectivity index (χ0) is 17.0. The third-order valence-corrected chi connectivity index (χ3v) is 5.19. The van der Waals surface area contributed by atoms with Gasteiger partial charge in [0, 0.05) is 24.6 Å². The van der Waals surface area contributed by atoms with Gasteiger partial charge >= 0.3 is 0 Å². The number of aliphatic hydroxyl groups excluding tert-OH is 2. The molecule has 0 aliphatic carbocycles. The van der Waals surface area contributed by atoms with Crippen molar-refractivity contribution in [3.05, 3.63) is 27.2 Å². The predicted molar refractivity (Wildman–Crippen MR) is 91.4 cm³/mol. The summed E-state index contributed by atoms with van der Waals surface area (Å²) in [4.78, 5) is 0. The molecule has 0 radical (unpaired) electrons. The van der Waals surface area contributed by atoms with Crippen LogP contribution in [-0.2, 0) is 4.74 Å². The average Bonchev–Trinajstić information content (AvgIpc) is 2.54. The number of aliphatic hydroxyl groups is 2. The lowest BCUT2D eigenvalue weighted by Crippen LogP contribution is -2.68. The number of rotatable bonds is 8. The lowest BCUT2D eigenvalue weighted by atomic mass is 9.78. The number of hydrogen-bond donors (Lipinski definition) is 3. The smallest absolute Gasteiger partial charge is 0.138 e. The lowest BCUT2D eigenvalue weighted by molar-refractivity contribution is -0.132. The first kappa shape index (κ1) is 18.9. The highest BCUT2D eigenvalue weighted by molar-refractivity contribution is 9.10. The molecule has 1 aromatic carbocycles. The number of ether oxygens (including phenoxy) is 2. The van der Waals surface area contributed by atoms with Gasteiger partial charge in [0.2, 0.25) is 0 Å². The minimum absolute atomic E-state index is 0.123. The van der Waals surface area contributed by atoms with E-state index in [4.69, 9.17) is 26.9 Å². The van der Waals surface area contributed by atoms with Gasteiger partial charge in [-0.25, -0.2) is 5.01 Å². The average molecular weight is 410 g/mol. The maximum Gasteiger partial charge on any atom is 0.138 e. The normalized spacial score (nSPS) is 20.3. The molecule has 0 spiro atoms. The molecule has 1 aromatic rings. The van der Waals surface area contributed by atoms with Gasteiger partial charge in [-0.2, -0.15) is 0 Å². The molecule has 1 aliphatic heterocycles. The van der Waals surface area contributed by atoms with Crippen LogP contribution in [0.2, 0.25) is 5.02 Å². The van der Waals surface area contributed by atoms with E-state index in [1.54, 1.807) is 13.2 Å². The fourth-order valence-electron chi connectivity index (χ4n) is 2.68. The molecule has 1 unspecified atom stereocenters. The van der Waals surface area contributed by atoms with Crippen LogP contribution in [-0.4, -0.2) is 54.3 Å². The predicted octanol–water partition coefficient (Wildman–Crippen LogP) is 1.86. The third-order valence-electron chi connectivity index (χ3n) is 4.21. The third kappa shape index (κ3) is 3.82. The first-order valence-electron chi connectivity index (χ1n) is 7.35. The molecule has 130 valence electrons. The second-order valence-corrected chi connectivity index (χ2v) is 6.93. The van der Waals surface area contributed by atoms with Crippen LogP contribution in [0.5, 0.6) is 5.75 Å². The van der Waals surface area contributed by atoms with E-state index in [0.29, 0.717) is 30.4 Å². The zero-order valence-electron chi connectivity index (χ0n) is 13.0. The molecule has 2 rings (SSSR count). The van der Waals surface area contributed by atoms with Gasteiger partial charge in [0.1, 0.15) is 5.75 Å². The summed E-state index contributed by atoms with van der Waals surface area (Å²) in [6, 6.07) is 3.50. The van der Waals surface area contributed by atoms with Crippen molar-refractivity contribution in [1.82, 2.24) is 5.01 Å². The molecular formula is C15H22BrClN2O4. The van der Waals surface area contributed by atoms with Gasteiger partial charge in [-0.1, -0.05) is 27.5 Å². The van der Waals surface area contributed by atoms with Crippen LogP contribution in [0, 0.1) is 0 Å². The Balaban J connectivity index is 2.14. The highest BCUT2D eigenvalue weighted by atomic mass is 79.9. The Morgan fingerprint density at radius 2 is 2.09 bits per heavy atom. The Kier molecular flexibility index (Phi) is 6.67. The quantitative estimate of drug-likeness (QED) is 0.449. The number of benzene rings is 1. The van der Waals surface area contributed by atoms with Crippen LogP contribution < -0.4 is 10.6 Å². The summed E-state index contributed by atoms with van der Waals surface area (Å²) < 4.78 is 11.5. The second-order valence-electron chi connectivity index (χ2n) is 5.67. The Morgan fingerprint density at radius 1 is 1.39 bits per heavy atom. The van der Waals surface area contributed by atoms with E-state index in [0.717, 1.165) is 16.5 Å². The van der Waals surface area contributed by atoms with Crippen LogP contribution in [0.15, 0.2) is 16.6 Å². The van der Waals surface area contributed by atoms with Gasteiger partial charge in [0.15, 0.2) is 0 Å². The van der Waals surface area contributed by atoms with E-state index in [1.165, 1.54) is 5.01 Å². The van der Waals surface area contributed by atoms with Crippen molar-refractivity contribution in [3.8, 4) is 5.75 Å². The number of hydrazine groups is 1. The molecule has 1 heterocycles. The molecule has 1 saturated heterocycles. The van der Waals surface area contributed by atoms with Gasteiger partial charge in [0.05, 0.1) is 36.4 Å². The summed E-state index contributed by atoms with van der Waals surface area (Å²) >= 11 is 9.71. The number of hydrogen-bond acceptors (Lipinski definition) is 6. The number of methoxy groups -OCH3 is 1. The first-order chi connectivity index (χ1) is 11.0. The van der Waals surface area contributed by atoms with Crippen molar-refractivity contribution >= 4 is 27.5 Å². The van der Waals surface area contributed by atoms with Gasteiger partial charge < -0.3 is 19.7 Å². The summed E-state index contributed by atoms with van der Waals surface area (Å²) in [6.45, 7) is 0.739. The van der Waals surface area contributed by atoms with E-state index in [2.05, 4.69) is 15.9 Å². The SMILES string of the molecule is COCCCOc1cc(C2CC(CO)(CO)N2N)c(Br)cc1Cl. The minimum Gasteiger partial charge on any atom is -0.492 e. The molecule has 0 bridgehead atoms. The fourth-order valence-corrected chi connectivity index (χ4v) is 3.64. The van der Waals surface area contributed by atoms with Crippen LogP contribution in [0.1, 0.15) is 24.4 Å². The molecular weight excluding hydrogens is 388 g/mol. The molecule has 1 fully saturated rings. The molecule has 8 heteroatoms. The van der Waals surface area contributed by atoms with E-state index in [9.17, 15) is 10.2 Å². The van der Waals surface area contributed by atoms with Crippen molar-refractivity contribution in [2.75, 3.05) is 33.5 Å². The molecule has 1 atom stereocenters. The van der Waals surface area contributed by atoms with E-state index < -0.39 is 5.54 Å². The van der Waals surface area contributed by atoms with Crippen LogP contribution in [0.25, 0.3) is 0 Å². The Bertz CT molecular complexity index is 542.